The Kier molecular flexibility index (Phi) is 3.49. The molecule has 0 aliphatic heterocycles. The molecule has 2 fully saturated rings. The van der Waals surface area contributed by atoms with Gasteiger partial charge in [-0.25, -0.2) is 0 Å². The smallest absolute Gasteiger partial charge is 0.127 e. The standard InChI is InChI=1S/C19H25NO2S/c1-20(2)12-18-8-7-13(10-18)11-19(18,21)17-9-14-15(22-3)5-4-6-16(14)23-17/h4-6,9,13,21H,7-8,10-12H2,1-3H3. The highest BCUT2D eigenvalue weighted by molar-refractivity contribution is 7.19. The molecule has 0 spiro atoms. The Morgan fingerprint density at radius 2 is 2.17 bits per heavy atom. The number of ether oxygens (including phenoxy) is 1. The van der Waals surface area contributed by atoms with Crippen LogP contribution < -0.4 is 4.74 Å². The van der Waals surface area contributed by atoms with E-state index in [1.807, 2.05) is 12.1 Å². The second-order valence-electron chi connectivity index (χ2n) is 7.67. The van der Waals surface area contributed by atoms with Gasteiger partial charge in [-0.15, -0.1) is 11.3 Å². The monoisotopic (exact) mass is 331 g/mol. The summed E-state index contributed by atoms with van der Waals surface area (Å²) in [5.41, 5.74) is -0.676. The molecule has 2 bridgehead atoms. The van der Waals surface area contributed by atoms with Crippen molar-refractivity contribution in [2.24, 2.45) is 11.3 Å². The maximum absolute atomic E-state index is 11.8. The molecule has 4 rings (SSSR count). The Labute approximate surface area is 141 Å². The highest BCUT2D eigenvalue weighted by Crippen LogP contribution is 2.65. The van der Waals surface area contributed by atoms with E-state index in [0.717, 1.165) is 41.8 Å². The minimum Gasteiger partial charge on any atom is -0.496 e. The molecule has 2 saturated carbocycles. The van der Waals surface area contributed by atoms with Crippen molar-refractivity contribution >= 4 is 21.4 Å². The van der Waals surface area contributed by atoms with Crippen molar-refractivity contribution in [3.8, 4) is 5.75 Å². The fourth-order valence-electron chi connectivity index (χ4n) is 5.08. The molecule has 1 aromatic heterocycles. The quantitative estimate of drug-likeness (QED) is 0.924. The minimum atomic E-state index is -0.686. The van der Waals surface area contributed by atoms with Crippen LogP contribution >= 0.6 is 11.3 Å². The topological polar surface area (TPSA) is 32.7 Å². The lowest BCUT2D eigenvalue weighted by molar-refractivity contribution is -0.0865. The van der Waals surface area contributed by atoms with Gasteiger partial charge in [0.2, 0.25) is 0 Å². The number of nitrogens with zero attached hydrogens (tertiary/aromatic N) is 1. The van der Waals surface area contributed by atoms with Gasteiger partial charge in [0.1, 0.15) is 11.4 Å². The number of hydrogen-bond acceptors (Lipinski definition) is 4. The number of aliphatic hydroxyl groups is 1. The van der Waals surface area contributed by atoms with Crippen molar-refractivity contribution in [3.05, 3.63) is 29.1 Å². The highest BCUT2D eigenvalue weighted by atomic mass is 32.1. The normalized spacial score (nSPS) is 33.0. The zero-order valence-corrected chi connectivity index (χ0v) is 14.9. The first-order chi connectivity index (χ1) is 11.0. The predicted octanol–water partition coefficient (Wildman–Crippen LogP) is 3.85. The summed E-state index contributed by atoms with van der Waals surface area (Å²) in [6, 6.07) is 8.33. The Bertz CT molecular complexity index is 740. The van der Waals surface area contributed by atoms with Crippen LogP contribution in [0.15, 0.2) is 24.3 Å². The molecular formula is C19H25NO2S. The molecule has 3 atom stereocenters. The van der Waals surface area contributed by atoms with Gasteiger partial charge in [0.15, 0.2) is 0 Å². The van der Waals surface area contributed by atoms with E-state index in [1.54, 1.807) is 18.4 Å². The summed E-state index contributed by atoms with van der Waals surface area (Å²) < 4.78 is 6.71. The van der Waals surface area contributed by atoms with Crippen LogP contribution in [0.3, 0.4) is 0 Å². The van der Waals surface area contributed by atoms with Crippen molar-refractivity contribution in [2.75, 3.05) is 27.7 Å². The summed E-state index contributed by atoms with van der Waals surface area (Å²) in [7, 11) is 5.95. The Hall–Kier alpha value is -1.10. The second kappa shape index (κ2) is 5.20. The molecule has 1 N–H and O–H groups in total. The molecule has 4 heteroatoms. The average Bonchev–Trinajstić information content (AvgIpc) is 3.16. The molecule has 0 radical (unpaired) electrons. The molecule has 2 aliphatic rings. The van der Waals surface area contributed by atoms with Gasteiger partial charge in [0.25, 0.3) is 0 Å². The van der Waals surface area contributed by atoms with Gasteiger partial charge in [-0.05, 0) is 63.9 Å². The molecule has 1 heterocycles. The van der Waals surface area contributed by atoms with Gasteiger partial charge in [-0.2, -0.15) is 0 Å². The van der Waals surface area contributed by atoms with Crippen LogP contribution in [-0.4, -0.2) is 37.8 Å². The maximum Gasteiger partial charge on any atom is 0.127 e. The van der Waals surface area contributed by atoms with Crippen LogP contribution in [0.1, 0.15) is 30.6 Å². The number of benzene rings is 1. The van der Waals surface area contributed by atoms with Gasteiger partial charge in [0.05, 0.1) is 7.11 Å². The number of fused-ring (bicyclic) bond motifs is 3. The first-order valence-corrected chi connectivity index (χ1v) is 9.23. The van der Waals surface area contributed by atoms with Crippen LogP contribution in [0.2, 0.25) is 0 Å². The first-order valence-electron chi connectivity index (χ1n) is 8.42. The molecule has 3 unspecified atom stereocenters. The third-order valence-corrected chi connectivity index (χ3v) is 7.19. The maximum atomic E-state index is 11.8. The fourth-order valence-corrected chi connectivity index (χ4v) is 6.38. The lowest BCUT2D eigenvalue weighted by atomic mass is 9.70. The van der Waals surface area contributed by atoms with E-state index in [1.165, 1.54) is 11.1 Å². The lowest BCUT2D eigenvalue weighted by Crippen LogP contribution is -2.47. The van der Waals surface area contributed by atoms with Crippen molar-refractivity contribution in [3.63, 3.8) is 0 Å². The molecule has 2 aromatic rings. The molecule has 0 amide bonds. The largest absolute Gasteiger partial charge is 0.496 e. The predicted molar refractivity (Wildman–Crippen MR) is 95.2 cm³/mol. The summed E-state index contributed by atoms with van der Waals surface area (Å²) in [6.07, 6.45) is 4.48. The van der Waals surface area contributed by atoms with Crippen LogP contribution in [0, 0.1) is 11.3 Å². The molecule has 2 aliphatic carbocycles. The summed E-state index contributed by atoms with van der Waals surface area (Å²) in [5, 5.41) is 12.9. The van der Waals surface area contributed by atoms with Crippen molar-refractivity contribution in [2.45, 2.75) is 31.3 Å². The average molecular weight is 331 g/mol. The summed E-state index contributed by atoms with van der Waals surface area (Å²) in [6.45, 7) is 0.964. The Morgan fingerprint density at radius 1 is 1.35 bits per heavy atom. The SMILES string of the molecule is COc1cccc2sc(C3(O)CC4CCC3(CN(C)C)C4)cc12. The minimum absolute atomic E-state index is 0.00920. The number of hydrogen-bond donors (Lipinski definition) is 1. The first kappa shape index (κ1) is 15.4. The van der Waals surface area contributed by atoms with E-state index in [4.69, 9.17) is 4.74 Å². The fraction of sp³-hybridized carbons (Fsp3) is 0.579. The van der Waals surface area contributed by atoms with Crippen LogP contribution in [0.25, 0.3) is 10.1 Å². The van der Waals surface area contributed by atoms with E-state index in [0.29, 0.717) is 5.92 Å². The summed E-state index contributed by atoms with van der Waals surface area (Å²) in [4.78, 5) is 3.37. The lowest BCUT2D eigenvalue weighted by Gasteiger charge is -2.44. The van der Waals surface area contributed by atoms with E-state index in [9.17, 15) is 5.11 Å². The zero-order chi connectivity index (χ0) is 16.2. The van der Waals surface area contributed by atoms with Gasteiger partial charge in [-0.3, -0.25) is 0 Å². The third-order valence-electron chi connectivity index (χ3n) is 5.94. The number of methoxy groups -OCH3 is 1. The Morgan fingerprint density at radius 3 is 2.87 bits per heavy atom. The molecule has 3 nitrogen and oxygen atoms in total. The van der Waals surface area contributed by atoms with Crippen LogP contribution in [-0.2, 0) is 5.60 Å². The van der Waals surface area contributed by atoms with Crippen molar-refractivity contribution in [1.29, 1.82) is 0 Å². The molecule has 124 valence electrons. The third kappa shape index (κ3) is 2.15. The number of thiophene rings is 1. The van der Waals surface area contributed by atoms with Gasteiger partial charge in [0, 0.05) is 26.9 Å². The second-order valence-corrected chi connectivity index (χ2v) is 8.76. The Balaban J connectivity index is 1.82. The van der Waals surface area contributed by atoms with Crippen molar-refractivity contribution in [1.82, 2.24) is 4.90 Å². The summed E-state index contributed by atoms with van der Waals surface area (Å²) in [5.74, 6) is 1.57. The molecule has 1 aromatic carbocycles. The van der Waals surface area contributed by atoms with E-state index >= 15 is 0 Å². The van der Waals surface area contributed by atoms with E-state index < -0.39 is 5.60 Å². The molecule has 23 heavy (non-hydrogen) atoms. The van der Waals surface area contributed by atoms with E-state index in [2.05, 4.69) is 31.1 Å². The zero-order valence-electron chi connectivity index (χ0n) is 14.1. The van der Waals surface area contributed by atoms with Crippen molar-refractivity contribution < 1.29 is 9.84 Å². The number of rotatable bonds is 4. The van der Waals surface area contributed by atoms with Crippen LogP contribution in [0.4, 0.5) is 0 Å². The van der Waals surface area contributed by atoms with Gasteiger partial charge < -0.3 is 14.7 Å². The molecule has 0 saturated heterocycles. The van der Waals surface area contributed by atoms with E-state index in [-0.39, 0.29) is 5.41 Å². The van der Waals surface area contributed by atoms with Gasteiger partial charge in [-0.1, -0.05) is 6.07 Å². The highest BCUT2D eigenvalue weighted by Gasteiger charge is 2.62. The van der Waals surface area contributed by atoms with Gasteiger partial charge >= 0.3 is 0 Å². The van der Waals surface area contributed by atoms with Crippen LogP contribution in [0.5, 0.6) is 5.75 Å². The summed E-state index contributed by atoms with van der Waals surface area (Å²) >= 11 is 1.74. The molecular weight excluding hydrogens is 306 g/mol.